The molecule has 2 unspecified atom stereocenters. The predicted molar refractivity (Wildman–Crippen MR) is 80.7 cm³/mol. The normalized spacial score (nSPS) is 24.1. The Morgan fingerprint density at radius 1 is 1.42 bits per heavy atom. The molecular formula is C15H23N3S. The smallest absolute Gasteiger partial charge is 0.194 e. The van der Waals surface area contributed by atoms with E-state index in [1.807, 2.05) is 0 Å². The van der Waals surface area contributed by atoms with Crippen molar-refractivity contribution in [2.45, 2.75) is 58.5 Å². The maximum Gasteiger partial charge on any atom is 0.194 e. The van der Waals surface area contributed by atoms with Gasteiger partial charge in [-0.2, -0.15) is 0 Å². The van der Waals surface area contributed by atoms with Crippen molar-refractivity contribution < 1.29 is 0 Å². The van der Waals surface area contributed by atoms with E-state index in [0.29, 0.717) is 6.04 Å². The summed E-state index contributed by atoms with van der Waals surface area (Å²) >= 11 is 1.71. The van der Waals surface area contributed by atoms with Crippen molar-refractivity contribution in [1.29, 1.82) is 0 Å². The molecule has 0 bridgehead atoms. The first kappa shape index (κ1) is 13.1. The molecule has 0 amide bonds. The summed E-state index contributed by atoms with van der Waals surface area (Å²) in [6.07, 6.45) is 8.97. The molecule has 2 aromatic rings. The number of nitrogens with zero attached hydrogens (tertiary/aromatic N) is 2. The van der Waals surface area contributed by atoms with Crippen LogP contribution in [0.3, 0.4) is 0 Å². The molecule has 0 radical (unpaired) electrons. The molecule has 0 spiro atoms. The molecule has 1 aliphatic rings. The van der Waals surface area contributed by atoms with Crippen LogP contribution >= 0.6 is 11.3 Å². The Hall–Kier alpha value is -0.870. The first-order valence-electron chi connectivity index (χ1n) is 7.44. The summed E-state index contributed by atoms with van der Waals surface area (Å²) in [6, 6.07) is 0.697. The average Bonchev–Trinajstić information content (AvgIpc) is 2.98. The molecule has 19 heavy (non-hydrogen) atoms. The first-order valence-corrected chi connectivity index (χ1v) is 8.32. The van der Waals surface area contributed by atoms with Gasteiger partial charge in [0, 0.05) is 24.2 Å². The second-order valence-electron chi connectivity index (χ2n) is 5.64. The molecule has 0 aromatic carbocycles. The molecule has 4 heteroatoms. The van der Waals surface area contributed by atoms with Crippen LogP contribution < -0.4 is 5.32 Å². The lowest BCUT2D eigenvalue weighted by atomic mass is 9.83. The fourth-order valence-electron chi connectivity index (χ4n) is 3.35. The van der Waals surface area contributed by atoms with E-state index in [1.54, 1.807) is 11.3 Å². The summed E-state index contributed by atoms with van der Waals surface area (Å²) in [6.45, 7) is 5.39. The SMILES string of the molecule is CCC1CCCCC1NCc1c(C)nc2sccn12. The summed E-state index contributed by atoms with van der Waals surface area (Å²) in [4.78, 5) is 5.73. The summed E-state index contributed by atoms with van der Waals surface area (Å²) in [7, 11) is 0. The van der Waals surface area contributed by atoms with Crippen molar-refractivity contribution >= 4 is 16.3 Å². The second kappa shape index (κ2) is 5.63. The van der Waals surface area contributed by atoms with Crippen LogP contribution in [0.5, 0.6) is 0 Å². The van der Waals surface area contributed by atoms with Gasteiger partial charge in [0.25, 0.3) is 0 Å². The Morgan fingerprint density at radius 3 is 3.11 bits per heavy atom. The Morgan fingerprint density at radius 2 is 2.26 bits per heavy atom. The van der Waals surface area contributed by atoms with E-state index in [1.165, 1.54) is 43.5 Å². The van der Waals surface area contributed by atoms with Gasteiger partial charge in [-0.3, -0.25) is 4.40 Å². The molecule has 0 saturated heterocycles. The molecule has 0 aliphatic heterocycles. The van der Waals surface area contributed by atoms with Crippen LogP contribution in [-0.2, 0) is 6.54 Å². The number of thiazole rings is 1. The van der Waals surface area contributed by atoms with Crippen molar-refractivity contribution in [3.8, 4) is 0 Å². The third-order valence-electron chi connectivity index (χ3n) is 4.53. The molecule has 3 nitrogen and oxygen atoms in total. The van der Waals surface area contributed by atoms with Gasteiger partial charge in [-0.25, -0.2) is 4.98 Å². The molecule has 2 atom stereocenters. The largest absolute Gasteiger partial charge is 0.308 e. The highest BCUT2D eigenvalue weighted by Gasteiger charge is 2.23. The fraction of sp³-hybridized carbons (Fsp3) is 0.667. The standard InChI is InChI=1S/C15H23N3S/c1-3-12-6-4-5-7-13(12)16-10-14-11(2)17-15-18(14)8-9-19-15/h8-9,12-13,16H,3-7,10H2,1-2H3. The van der Waals surface area contributed by atoms with Crippen LogP contribution in [0.2, 0.25) is 0 Å². The Labute approximate surface area is 119 Å². The van der Waals surface area contributed by atoms with Crippen LogP contribution in [0.25, 0.3) is 4.96 Å². The van der Waals surface area contributed by atoms with Crippen molar-refractivity contribution in [3.63, 3.8) is 0 Å². The molecule has 1 saturated carbocycles. The monoisotopic (exact) mass is 277 g/mol. The van der Waals surface area contributed by atoms with E-state index in [2.05, 4.69) is 40.1 Å². The van der Waals surface area contributed by atoms with E-state index >= 15 is 0 Å². The Bertz CT molecular complexity index is 543. The number of hydrogen-bond acceptors (Lipinski definition) is 3. The number of aryl methyl sites for hydroxylation is 1. The quantitative estimate of drug-likeness (QED) is 0.922. The first-order chi connectivity index (χ1) is 9.29. The maximum absolute atomic E-state index is 4.62. The van der Waals surface area contributed by atoms with Crippen LogP contribution in [0.15, 0.2) is 11.6 Å². The topological polar surface area (TPSA) is 29.3 Å². The number of fused-ring (bicyclic) bond motifs is 1. The predicted octanol–water partition coefficient (Wildman–Crippen LogP) is 3.76. The summed E-state index contributed by atoms with van der Waals surface area (Å²) in [5.41, 5.74) is 2.50. The van der Waals surface area contributed by atoms with E-state index in [0.717, 1.165) is 17.4 Å². The second-order valence-corrected chi connectivity index (χ2v) is 6.51. The van der Waals surface area contributed by atoms with Gasteiger partial charge in [-0.15, -0.1) is 11.3 Å². The minimum Gasteiger partial charge on any atom is -0.308 e. The molecule has 3 rings (SSSR count). The zero-order valence-electron chi connectivity index (χ0n) is 11.9. The maximum atomic E-state index is 4.62. The van der Waals surface area contributed by atoms with Crippen molar-refractivity contribution in [3.05, 3.63) is 23.0 Å². The van der Waals surface area contributed by atoms with Gasteiger partial charge in [-0.05, 0) is 25.7 Å². The van der Waals surface area contributed by atoms with Crippen LogP contribution in [0.1, 0.15) is 50.4 Å². The third kappa shape index (κ3) is 2.56. The van der Waals surface area contributed by atoms with E-state index in [9.17, 15) is 0 Å². The number of rotatable bonds is 4. The van der Waals surface area contributed by atoms with E-state index < -0.39 is 0 Å². The average molecular weight is 277 g/mol. The highest BCUT2D eigenvalue weighted by Crippen LogP contribution is 2.27. The molecule has 1 fully saturated rings. The number of aromatic nitrogens is 2. The van der Waals surface area contributed by atoms with Gasteiger partial charge in [-0.1, -0.05) is 26.2 Å². The number of hydrogen-bond donors (Lipinski definition) is 1. The minimum absolute atomic E-state index is 0.697. The van der Waals surface area contributed by atoms with Crippen molar-refractivity contribution in [2.75, 3.05) is 0 Å². The lowest BCUT2D eigenvalue weighted by Crippen LogP contribution is -2.38. The van der Waals surface area contributed by atoms with Crippen molar-refractivity contribution in [1.82, 2.24) is 14.7 Å². The van der Waals surface area contributed by atoms with Crippen LogP contribution in [0.4, 0.5) is 0 Å². The molecule has 2 aromatic heterocycles. The highest BCUT2D eigenvalue weighted by atomic mass is 32.1. The van der Waals surface area contributed by atoms with Gasteiger partial charge in [0.15, 0.2) is 4.96 Å². The van der Waals surface area contributed by atoms with E-state index in [-0.39, 0.29) is 0 Å². The molecule has 1 aliphatic carbocycles. The zero-order chi connectivity index (χ0) is 13.2. The minimum atomic E-state index is 0.697. The molecule has 1 N–H and O–H groups in total. The number of nitrogens with one attached hydrogen (secondary N) is 1. The Balaban J connectivity index is 1.71. The van der Waals surface area contributed by atoms with Crippen LogP contribution in [0, 0.1) is 12.8 Å². The lowest BCUT2D eigenvalue weighted by Gasteiger charge is -2.31. The fourth-order valence-corrected chi connectivity index (χ4v) is 4.13. The summed E-state index contributed by atoms with van der Waals surface area (Å²) in [5, 5.41) is 5.90. The zero-order valence-corrected chi connectivity index (χ0v) is 12.7. The number of imidazole rings is 1. The third-order valence-corrected chi connectivity index (χ3v) is 5.28. The van der Waals surface area contributed by atoms with Gasteiger partial charge >= 0.3 is 0 Å². The lowest BCUT2D eigenvalue weighted by molar-refractivity contribution is 0.253. The molecular weight excluding hydrogens is 254 g/mol. The van der Waals surface area contributed by atoms with E-state index in [4.69, 9.17) is 0 Å². The van der Waals surface area contributed by atoms with Gasteiger partial charge in [0.1, 0.15) is 0 Å². The van der Waals surface area contributed by atoms with Gasteiger partial charge in [0.2, 0.25) is 0 Å². The van der Waals surface area contributed by atoms with Crippen molar-refractivity contribution in [2.24, 2.45) is 5.92 Å². The van der Waals surface area contributed by atoms with Gasteiger partial charge < -0.3 is 5.32 Å². The molecule has 104 valence electrons. The summed E-state index contributed by atoms with van der Waals surface area (Å²) in [5.74, 6) is 0.861. The van der Waals surface area contributed by atoms with Gasteiger partial charge in [0.05, 0.1) is 11.4 Å². The molecule has 2 heterocycles. The highest BCUT2D eigenvalue weighted by molar-refractivity contribution is 7.15. The summed E-state index contributed by atoms with van der Waals surface area (Å²) < 4.78 is 2.23. The Kier molecular flexibility index (Phi) is 3.89. The van der Waals surface area contributed by atoms with Crippen LogP contribution in [-0.4, -0.2) is 15.4 Å².